The van der Waals surface area contributed by atoms with Crippen molar-refractivity contribution in [3.8, 4) is 0 Å². The SMILES string of the molecule is CCNC(CCCS(=O)(=O)CC)C1CCCCC1. The highest BCUT2D eigenvalue weighted by Crippen LogP contribution is 2.28. The Bertz CT molecular complexity index is 308. The maximum Gasteiger partial charge on any atom is 0.150 e. The van der Waals surface area contributed by atoms with E-state index in [2.05, 4.69) is 12.2 Å². The first-order valence-electron chi connectivity index (χ1n) is 7.53. The maximum absolute atomic E-state index is 11.5. The summed E-state index contributed by atoms with van der Waals surface area (Å²) in [5.41, 5.74) is 0. The molecule has 1 aliphatic carbocycles. The van der Waals surface area contributed by atoms with E-state index in [1.165, 1.54) is 32.1 Å². The van der Waals surface area contributed by atoms with Gasteiger partial charge in [-0.3, -0.25) is 0 Å². The third kappa shape index (κ3) is 5.70. The van der Waals surface area contributed by atoms with Crippen molar-refractivity contribution in [3.05, 3.63) is 0 Å². The fourth-order valence-electron chi connectivity index (χ4n) is 2.97. The van der Waals surface area contributed by atoms with E-state index in [-0.39, 0.29) is 5.75 Å². The van der Waals surface area contributed by atoms with Crippen LogP contribution < -0.4 is 5.32 Å². The van der Waals surface area contributed by atoms with E-state index < -0.39 is 9.84 Å². The van der Waals surface area contributed by atoms with Crippen LogP contribution in [0.3, 0.4) is 0 Å². The number of rotatable bonds is 8. The highest BCUT2D eigenvalue weighted by atomic mass is 32.2. The molecule has 18 heavy (non-hydrogen) atoms. The molecule has 0 aliphatic heterocycles. The van der Waals surface area contributed by atoms with Crippen molar-refractivity contribution in [2.75, 3.05) is 18.1 Å². The van der Waals surface area contributed by atoms with E-state index in [9.17, 15) is 8.42 Å². The second kappa shape index (κ2) is 8.16. The van der Waals surface area contributed by atoms with Crippen molar-refractivity contribution in [1.82, 2.24) is 5.32 Å². The average molecular weight is 275 g/mol. The highest BCUT2D eigenvalue weighted by molar-refractivity contribution is 7.91. The molecule has 108 valence electrons. The van der Waals surface area contributed by atoms with Crippen molar-refractivity contribution in [2.24, 2.45) is 5.92 Å². The van der Waals surface area contributed by atoms with Gasteiger partial charge >= 0.3 is 0 Å². The third-order valence-corrected chi connectivity index (χ3v) is 5.89. The van der Waals surface area contributed by atoms with E-state index >= 15 is 0 Å². The Morgan fingerprint density at radius 1 is 1.17 bits per heavy atom. The van der Waals surface area contributed by atoms with Gasteiger partial charge in [0.05, 0.1) is 5.75 Å². The molecule has 0 bridgehead atoms. The summed E-state index contributed by atoms with van der Waals surface area (Å²) in [4.78, 5) is 0. The van der Waals surface area contributed by atoms with Gasteiger partial charge in [0.2, 0.25) is 0 Å². The zero-order valence-corrected chi connectivity index (χ0v) is 12.8. The Kier molecular flexibility index (Phi) is 7.23. The number of hydrogen-bond acceptors (Lipinski definition) is 3. The first kappa shape index (κ1) is 16.0. The molecule has 1 unspecified atom stereocenters. The zero-order valence-electron chi connectivity index (χ0n) is 12.0. The van der Waals surface area contributed by atoms with Crippen LogP contribution in [0.15, 0.2) is 0 Å². The molecule has 3 nitrogen and oxygen atoms in total. The average Bonchev–Trinajstić information content (AvgIpc) is 2.39. The molecule has 1 fully saturated rings. The second-order valence-corrected chi connectivity index (χ2v) is 7.91. The lowest BCUT2D eigenvalue weighted by atomic mass is 9.82. The maximum atomic E-state index is 11.5. The van der Waals surface area contributed by atoms with Crippen LogP contribution in [0, 0.1) is 5.92 Å². The minimum Gasteiger partial charge on any atom is -0.314 e. The van der Waals surface area contributed by atoms with Crippen molar-refractivity contribution in [2.45, 2.75) is 64.8 Å². The molecule has 0 heterocycles. The Hall–Kier alpha value is -0.0900. The largest absolute Gasteiger partial charge is 0.314 e. The van der Waals surface area contributed by atoms with E-state index in [0.717, 1.165) is 25.3 Å². The molecular weight excluding hydrogens is 246 g/mol. The van der Waals surface area contributed by atoms with Gasteiger partial charge in [-0.25, -0.2) is 8.42 Å². The van der Waals surface area contributed by atoms with Crippen LogP contribution >= 0.6 is 0 Å². The van der Waals surface area contributed by atoms with Crippen LogP contribution in [0.5, 0.6) is 0 Å². The molecular formula is C14H29NO2S. The number of nitrogens with one attached hydrogen (secondary N) is 1. The van der Waals surface area contributed by atoms with E-state index in [0.29, 0.717) is 11.8 Å². The topological polar surface area (TPSA) is 46.2 Å². The molecule has 0 amide bonds. The van der Waals surface area contributed by atoms with Gasteiger partial charge in [-0.15, -0.1) is 0 Å². The van der Waals surface area contributed by atoms with E-state index in [1.54, 1.807) is 6.92 Å². The predicted octanol–water partition coefficient (Wildman–Crippen LogP) is 2.76. The van der Waals surface area contributed by atoms with Gasteiger partial charge < -0.3 is 5.32 Å². The summed E-state index contributed by atoms with van der Waals surface area (Å²) < 4.78 is 23.0. The van der Waals surface area contributed by atoms with Crippen molar-refractivity contribution in [3.63, 3.8) is 0 Å². The molecule has 1 aliphatic rings. The molecule has 1 N–H and O–H groups in total. The van der Waals surface area contributed by atoms with Gasteiger partial charge in [0, 0.05) is 11.8 Å². The van der Waals surface area contributed by atoms with Crippen molar-refractivity contribution >= 4 is 9.84 Å². The molecule has 0 aromatic heterocycles. The van der Waals surface area contributed by atoms with Crippen LogP contribution in [-0.4, -0.2) is 32.5 Å². The third-order valence-electron chi connectivity index (χ3n) is 4.10. The lowest BCUT2D eigenvalue weighted by Crippen LogP contribution is -2.37. The monoisotopic (exact) mass is 275 g/mol. The lowest BCUT2D eigenvalue weighted by molar-refractivity contribution is 0.259. The van der Waals surface area contributed by atoms with E-state index in [4.69, 9.17) is 0 Å². The first-order chi connectivity index (χ1) is 8.59. The zero-order chi connectivity index (χ0) is 13.4. The molecule has 1 rings (SSSR count). The minimum absolute atomic E-state index is 0.280. The van der Waals surface area contributed by atoms with Crippen LogP contribution in [0.2, 0.25) is 0 Å². The van der Waals surface area contributed by atoms with Crippen molar-refractivity contribution in [1.29, 1.82) is 0 Å². The Balaban J connectivity index is 2.37. The number of hydrogen-bond donors (Lipinski definition) is 1. The van der Waals surface area contributed by atoms with Gasteiger partial charge in [-0.2, -0.15) is 0 Å². The van der Waals surface area contributed by atoms with Gasteiger partial charge in [-0.05, 0) is 38.1 Å². The molecule has 0 saturated heterocycles. The summed E-state index contributed by atoms with van der Waals surface area (Å²) in [6.45, 7) is 4.86. The fourth-order valence-corrected chi connectivity index (χ4v) is 3.87. The molecule has 0 spiro atoms. The Labute approximate surface area is 113 Å². The number of sulfone groups is 1. The normalized spacial score (nSPS) is 19.9. The smallest absolute Gasteiger partial charge is 0.150 e. The van der Waals surface area contributed by atoms with Crippen LogP contribution in [-0.2, 0) is 9.84 Å². The summed E-state index contributed by atoms with van der Waals surface area (Å²) in [5, 5.41) is 3.56. The van der Waals surface area contributed by atoms with Crippen LogP contribution in [0.25, 0.3) is 0 Å². The summed E-state index contributed by atoms with van der Waals surface area (Å²) >= 11 is 0. The predicted molar refractivity (Wildman–Crippen MR) is 77.6 cm³/mol. The summed E-state index contributed by atoms with van der Waals surface area (Å²) in [5.74, 6) is 1.41. The molecule has 0 radical (unpaired) electrons. The lowest BCUT2D eigenvalue weighted by Gasteiger charge is -2.31. The molecule has 1 atom stereocenters. The quantitative estimate of drug-likeness (QED) is 0.741. The molecule has 0 aromatic rings. The van der Waals surface area contributed by atoms with Crippen LogP contribution in [0.1, 0.15) is 58.8 Å². The van der Waals surface area contributed by atoms with Gasteiger partial charge in [-0.1, -0.05) is 33.1 Å². The Morgan fingerprint density at radius 2 is 1.83 bits per heavy atom. The summed E-state index contributed by atoms with van der Waals surface area (Å²) in [7, 11) is -2.79. The molecule has 0 aromatic carbocycles. The summed E-state index contributed by atoms with van der Waals surface area (Å²) in [6.07, 6.45) is 8.53. The van der Waals surface area contributed by atoms with Crippen molar-refractivity contribution < 1.29 is 8.42 Å². The van der Waals surface area contributed by atoms with Gasteiger partial charge in [0.15, 0.2) is 0 Å². The van der Waals surface area contributed by atoms with E-state index in [1.807, 2.05) is 0 Å². The standard InChI is InChI=1S/C14H29NO2S/c1-3-15-14(13-9-6-5-7-10-13)11-8-12-18(16,17)4-2/h13-15H,3-12H2,1-2H3. The second-order valence-electron chi connectivity index (χ2n) is 5.44. The highest BCUT2D eigenvalue weighted by Gasteiger charge is 2.23. The first-order valence-corrected chi connectivity index (χ1v) is 9.35. The molecule has 1 saturated carbocycles. The van der Waals surface area contributed by atoms with Gasteiger partial charge in [0.1, 0.15) is 9.84 Å². The summed E-state index contributed by atoms with van der Waals surface area (Å²) in [6, 6.07) is 0.530. The van der Waals surface area contributed by atoms with Crippen LogP contribution in [0.4, 0.5) is 0 Å². The Morgan fingerprint density at radius 3 is 2.39 bits per heavy atom. The minimum atomic E-state index is -2.79. The fraction of sp³-hybridized carbons (Fsp3) is 1.00. The van der Waals surface area contributed by atoms with Gasteiger partial charge in [0.25, 0.3) is 0 Å². The molecule has 4 heteroatoms.